The largest absolute Gasteiger partial charge is 0.497 e. The second-order valence-corrected chi connectivity index (χ2v) is 6.69. The summed E-state index contributed by atoms with van der Waals surface area (Å²) in [4.78, 5) is 7.67. The Labute approximate surface area is 169 Å². The number of aromatic nitrogens is 2. The van der Waals surface area contributed by atoms with Gasteiger partial charge in [-0.05, 0) is 42.0 Å². The molecule has 0 fully saturated rings. The van der Waals surface area contributed by atoms with Crippen LogP contribution in [0, 0.1) is 11.3 Å². The van der Waals surface area contributed by atoms with Gasteiger partial charge in [-0.1, -0.05) is 23.9 Å². The van der Waals surface area contributed by atoms with Crippen molar-refractivity contribution in [2.45, 2.75) is 17.1 Å². The van der Waals surface area contributed by atoms with Gasteiger partial charge in [-0.3, -0.25) is 0 Å². The van der Waals surface area contributed by atoms with E-state index in [2.05, 4.69) is 9.97 Å². The molecule has 0 aliphatic carbocycles. The molecule has 0 aliphatic rings. The van der Waals surface area contributed by atoms with E-state index in [1.54, 1.807) is 48.5 Å². The van der Waals surface area contributed by atoms with Crippen molar-refractivity contribution in [3.05, 3.63) is 71.4 Å². The van der Waals surface area contributed by atoms with Crippen LogP contribution in [-0.2, 0) is 11.9 Å². The number of benzene rings is 2. The molecule has 0 atom stereocenters. The molecule has 0 amide bonds. The van der Waals surface area contributed by atoms with Crippen molar-refractivity contribution in [1.29, 1.82) is 5.26 Å². The van der Waals surface area contributed by atoms with Crippen molar-refractivity contribution in [3.8, 4) is 23.4 Å². The van der Waals surface area contributed by atoms with E-state index in [0.717, 1.165) is 23.4 Å². The van der Waals surface area contributed by atoms with Crippen LogP contribution in [0.15, 0.2) is 59.8 Å². The zero-order valence-corrected chi connectivity index (χ0v) is 15.9. The van der Waals surface area contributed by atoms with E-state index in [1.807, 2.05) is 6.07 Å². The van der Waals surface area contributed by atoms with Crippen molar-refractivity contribution < 1.29 is 22.6 Å². The minimum atomic E-state index is -4.64. The minimum Gasteiger partial charge on any atom is -0.497 e. The summed E-state index contributed by atoms with van der Waals surface area (Å²) in [6.07, 6.45) is -4.64. The van der Waals surface area contributed by atoms with E-state index in [4.69, 9.17) is 14.7 Å². The second kappa shape index (κ2) is 8.84. The molecule has 1 heterocycles. The number of alkyl halides is 3. The zero-order chi connectivity index (χ0) is 20.9. The number of nitriles is 1. The molecule has 9 heteroatoms. The lowest BCUT2D eigenvalue weighted by Gasteiger charge is -2.11. The Morgan fingerprint density at radius 3 is 2.41 bits per heavy atom. The predicted octanol–water partition coefficient (Wildman–Crippen LogP) is 5.46. The van der Waals surface area contributed by atoms with Gasteiger partial charge in [0.15, 0.2) is 10.9 Å². The van der Waals surface area contributed by atoms with Crippen molar-refractivity contribution in [1.82, 2.24) is 9.97 Å². The quantitative estimate of drug-likeness (QED) is 0.392. The van der Waals surface area contributed by atoms with Gasteiger partial charge in [-0.2, -0.15) is 23.4 Å². The van der Waals surface area contributed by atoms with Crippen LogP contribution in [-0.4, -0.2) is 17.1 Å². The maximum absolute atomic E-state index is 13.2. The van der Waals surface area contributed by atoms with Crippen molar-refractivity contribution in [3.63, 3.8) is 0 Å². The average Bonchev–Trinajstić information content (AvgIpc) is 2.72. The molecule has 29 heavy (non-hydrogen) atoms. The molecule has 0 saturated carbocycles. The Kier molecular flexibility index (Phi) is 6.24. The molecule has 0 unspecified atom stereocenters. The molecule has 1 aromatic heterocycles. The Bertz CT molecular complexity index is 1030. The molecular weight excluding hydrogens is 403 g/mol. The van der Waals surface area contributed by atoms with Gasteiger partial charge < -0.3 is 9.47 Å². The van der Waals surface area contributed by atoms with Crippen LogP contribution >= 0.6 is 11.8 Å². The summed E-state index contributed by atoms with van der Waals surface area (Å²) in [6.45, 7) is 0. The van der Waals surface area contributed by atoms with Crippen LogP contribution in [0.25, 0.3) is 0 Å². The molecule has 0 N–H and O–H groups in total. The third-order valence-electron chi connectivity index (χ3n) is 3.68. The number of thioether (sulfide) groups is 1. The van der Waals surface area contributed by atoms with E-state index in [0.29, 0.717) is 22.8 Å². The van der Waals surface area contributed by atoms with Crippen molar-refractivity contribution in [2.75, 3.05) is 7.11 Å². The highest BCUT2D eigenvalue weighted by Gasteiger charge is 2.34. The second-order valence-electron chi connectivity index (χ2n) is 5.75. The summed E-state index contributed by atoms with van der Waals surface area (Å²) >= 11 is 1.02. The lowest BCUT2D eigenvalue weighted by atomic mass is 10.2. The Balaban J connectivity index is 1.83. The third-order valence-corrected chi connectivity index (χ3v) is 4.60. The van der Waals surface area contributed by atoms with Crippen LogP contribution in [0.5, 0.6) is 17.4 Å². The molecule has 5 nitrogen and oxygen atoms in total. The number of hydrogen-bond acceptors (Lipinski definition) is 6. The Hall–Kier alpha value is -3.25. The fourth-order valence-electron chi connectivity index (χ4n) is 2.31. The fraction of sp³-hybridized carbons (Fsp3) is 0.150. The highest BCUT2D eigenvalue weighted by molar-refractivity contribution is 7.98. The van der Waals surface area contributed by atoms with Gasteiger partial charge in [0.25, 0.3) is 0 Å². The first-order valence-corrected chi connectivity index (χ1v) is 9.26. The summed E-state index contributed by atoms with van der Waals surface area (Å²) < 4.78 is 50.2. The predicted molar refractivity (Wildman–Crippen MR) is 101 cm³/mol. The van der Waals surface area contributed by atoms with Crippen LogP contribution in [0.3, 0.4) is 0 Å². The summed E-state index contributed by atoms with van der Waals surface area (Å²) in [5.74, 6) is 0.992. The smallest absolute Gasteiger partial charge is 0.433 e. The SMILES string of the molecule is COc1ccc(Oc2cc(C(F)(F)F)nc(SCc3cccc(C#N)c3)n2)cc1. The number of nitrogens with zero attached hydrogens (tertiary/aromatic N) is 3. The van der Waals surface area contributed by atoms with Crippen molar-refractivity contribution >= 4 is 11.8 Å². The fourth-order valence-corrected chi connectivity index (χ4v) is 3.10. The first-order valence-electron chi connectivity index (χ1n) is 8.27. The first kappa shape index (κ1) is 20.5. The zero-order valence-electron chi connectivity index (χ0n) is 15.1. The monoisotopic (exact) mass is 417 g/mol. The van der Waals surface area contributed by atoms with E-state index in [9.17, 15) is 13.2 Å². The highest BCUT2D eigenvalue weighted by atomic mass is 32.2. The molecule has 0 aliphatic heterocycles. The van der Waals surface area contributed by atoms with Gasteiger partial charge in [-0.15, -0.1) is 0 Å². The lowest BCUT2D eigenvalue weighted by molar-refractivity contribution is -0.141. The number of methoxy groups -OCH3 is 1. The van der Waals surface area contributed by atoms with E-state index in [-0.39, 0.29) is 11.0 Å². The third kappa shape index (κ3) is 5.62. The molecule has 3 aromatic rings. The Morgan fingerprint density at radius 1 is 1.03 bits per heavy atom. The van der Waals surface area contributed by atoms with Gasteiger partial charge in [0.05, 0.1) is 18.7 Å². The van der Waals surface area contributed by atoms with E-state index >= 15 is 0 Å². The first-order chi connectivity index (χ1) is 13.9. The topological polar surface area (TPSA) is 68.0 Å². The van der Waals surface area contributed by atoms with Crippen LogP contribution in [0.4, 0.5) is 13.2 Å². The van der Waals surface area contributed by atoms with Crippen LogP contribution in [0.1, 0.15) is 16.8 Å². The summed E-state index contributed by atoms with van der Waals surface area (Å²) in [7, 11) is 1.51. The maximum Gasteiger partial charge on any atom is 0.433 e. The normalized spacial score (nSPS) is 11.0. The van der Waals surface area contributed by atoms with Crippen LogP contribution in [0.2, 0.25) is 0 Å². The van der Waals surface area contributed by atoms with Gasteiger partial charge in [0.1, 0.15) is 11.5 Å². The molecule has 0 radical (unpaired) electrons. The summed E-state index contributed by atoms with van der Waals surface area (Å²) in [5.41, 5.74) is 0.147. The number of rotatable bonds is 6. The summed E-state index contributed by atoms with van der Waals surface area (Å²) in [6, 6.07) is 15.9. The minimum absolute atomic E-state index is 0.0781. The molecule has 0 saturated heterocycles. The molecule has 3 rings (SSSR count). The van der Waals surface area contributed by atoms with Gasteiger partial charge in [0.2, 0.25) is 5.88 Å². The molecule has 0 bridgehead atoms. The maximum atomic E-state index is 13.2. The number of halogens is 3. The average molecular weight is 417 g/mol. The molecule has 0 spiro atoms. The number of ether oxygens (including phenoxy) is 2. The van der Waals surface area contributed by atoms with Gasteiger partial charge in [-0.25, -0.2) is 4.98 Å². The lowest BCUT2D eigenvalue weighted by Crippen LogP contribution is -2.10. The van der Waals surface area contributed by atoms with Gasteiger partial charge in [0, 0.05) is 11.8 Å². The van der Waals surface area contributed by atoms with Gasteiger partial charge >= 0.3 is 6.18 Å². The highest BCUT2D eigenvalue weighted by Crippen LogP contribution is 2.33. The van der Waals surface area contributed by atoms with Crippen LogP contribution < -0.4 is 9.47 Å². The molecular formula is C20H14F3N3O2S. The van der Waals surface area contributed by atoms with E-state index in [1.165, 1.54) is 7.11 Å². The van der Waals surface area contributed by atoms with E-state index < -0.39 is 11.9 Å². The standard InChI is InChI=1S/C20H14F3N3O2S/c1-27-15-5-7-16(8-6-15)28-18-10-17(20(21,22)23)25-19(26-18)29-12-14-4-2-3-13(9-14)11-24/h2-10H,12H2,1H3. The molecule has 148 valence electrons. The Morgan fingerprint density at radius 2 is 1.76 bits per heavy atom. The molecule has 2 aromatic carbocycles. The summed E-state index contributed by atoms with van der Waals surface area (Å²) in [5, 5.41) is 8.87. The number of hydrogen-bond donors (Lipinski definition) is 0. The van der Waals surface area contributed by atoms with Crippen molar-refractivity contribution in [2.24, 2.45) is 0 Å².